The number of carbonyl (C=O) groups is 1. The number of nitrogens with zero attached hydrogens (tertiary/aromatic N) is 5. The first kappa shape index (κ1) is 18.9. The summed E-state index contributed by atoms with van der Waals surface area (Å²) in [4.78, 5) is 20.3. The Morgan fingerprint density at radius 1 is 1.14 bits per heavy atom. The van der Waals surface area contributed by atoms with Crippen LogP contribution in [0.4, 0.5) is 0 Å². The van der Waals surface area contributed by atoms with E-state index in [0.717, 1.165) is 17.1 Å². The largest absolute Gasteiger partial charge is 0.497 e. The van der Waals surface area contributed by atoms with Crippen molar-refractivity contribution in [3.63, 3.8) is 0 Å². The second-order valence-corrected chi connectivity index (χ2v) is 7.82. The molecule has 0 atom stereocenters. The monoisotopic (exact) mass is 422 g/mol. The number of thiophene rings is 1. The lowest BCUT2D eigenvalue weighted by Gasteiger charge is -2.04. The number of hydrogen-bond acceptors (Lipinski definition) is 3. The summed E-state index contributed by atoms with van der Waals surface area (Å²) < 4.78 is 4.23. The molecule has 0 unspecified atom stereocenters. The van der Waals surface area contributed by atoms with Crippen molar-refractivity contribution in [3.8, 4) is 11.4 Å². The van der Waals surface area contributed by atoms with Crippen molar-refractivity contribution in [3.05, 3.63) is 99.2 Å². The minimum Gasteiger partial charge on any atom is -0.497 e. The van der Waals surface area contributed by atoms with Crippen LogP contribution in [0.5, 0.6) is 0 Å². The molecule has 144 valence electrons. The summed E-state index contributed by atoms with van der Waals surface area (Å²) in [7, 11) is 0. The maximum Gasteiger partial charge on any atom is 0.364 e. The molecular formula is C20H15ClN6OS. The summed E-state index contributed by atoms with van der Waals surface area (Å²) in [5, 5.41) is 2.84. The van der Waals surface area contributed by atoms with E-state index in [2.05, 4.69) is 15.1 Å². The molecule has 1 N–H and O–H groups in total. The molecule has 1 amide bonds. The Morgan fingerprint density at radius 3 is 2.66 bits per heavy atom. The van der Waals surface area contributed by atoms with Crippen molar-refractivity contribution in [1.82, 2.24) is 19.4 Å². The predicted molar refractivity (Wildman–Crippen MR) is 110 cm³/mol. The quantitative estimate of drug-likeness (QED) is 0.394. The number of rotatable bonds is 5. The molecule has 0 aliphatic heterocycles. The van der Waals surface area contributed by atoms with Gasteiger partial charge < -0.3 is 20.2 Å². The molecule has 3 heterocycles. The molecule has 0 aliphatic carbocycles. The average Bonchev–Trinajstić information content (AvgIpc) is 3.41. The van der Waals surface area contributed by atoms with Gasteiger partial charge in [-0.1, -0.05) is 11.6 Å². The lowest BCUT2D eigenvalue weighted by Crippen LogP contribution is -2.21. The summed E-state index contributed by atoms with van der Waals surface area (Å²) in [5.74, 6) is -0.175. The van der Waals surface area contributed by atoms with Crippen LogP contribution in [-0.2, 0) is 6.54 Å². The van der Waals surface area contributed by atoms with Crippen LogP contribution in [0.25, 0.3) is 16.9 Å². The van der Waals surface area contributed by atoms with Gasteiger partial charge in [0.1, 0.15) is 5.69 Å². The maximum atomic E-state index is 12.1. The molecule has 4 rings (SSSR count). The molecule has 0 radical (unpaired) electrons. The number of benzene rings is 1. The number of imidazole rings is 1. The van der Waals surface area contributed by atoms with Crippen LogP contribution in [0.2, 0.25) is 4.34 Å². The van der Waals surface area contributed by atoms with Gasteiger partial charge in [-0.05, 0) is 48.5 Å². The zero-order valence-electron chi connectivity index (χ0n) is 15.1. The van der Waals surface area contributed by atoms with Gasteiger partial charge in [-0.25, -0.2) is 4.98 Å². The van der Waals surface area contributed by atoms with Crippen LogP contribution in [0.15, 0.2) is 73.3 Å². The molecule has 0 bridgehead atoms. The van der Waals surface area contributed by atoms with E-state index in [1.165, 1.54) is 11.3 Å². The SMILES string of the molecule is [N-]=[N+]=c1ccccn1-c1ccc(-n2cnc(CNC(=O)c3ccc(Cl)s3)c2)cc1. The number of pyridine rings is 1. The Kier molecular flexibility index (Phi) is 5.39. The minimum atomic E-state index is -0.175. The minimum absolute atomic E-state index is 0.175. The summed E-state index contributed by atoms with van der Waals surface area (Å²) >= 11 is 7.10. The topological polar surface area (TPSA) is 88.2 Å². The first-order chi connectivity index (χ1) is 14.1. The normalized spacial score (nSPS) is 10.5. The van der Waals surface area contributed by atoms with E-state index in [9.17, 15) is 4.79 Å². The second kappa shape index (κ2) is 8.28. The zero-order chi connectivity index (χ0) is 20.2. The number of aromatic nitrogens is 3. The summed E-state index contributed by atoms with van der Waals surface area (Å²) in [6.45, 7) is 0.320. The number of carbonyl (C=O) groups excluding carboxylic acids is 1. The maximum absolute atomic E-state index is 12.1. The lowest BCUT2D eigenvalue weighted by molar-refractivity contribution is -0.0751. The van der Waals surface area contributed by atoms with E-state index in [-0.39, 0.29) is 5.91 Å². The first-order valence-electron chi connectivity index (χ1n) is 8.67. The molecule has 0 spiro atoms. The molecule has 9 heteroatoms. The number of nitrogens with one attached hydrogen (secondary N) is 1. The van der Waals surface area contributed by atoms with Gasteiger partial charge in [-0.3, -0.25) is 4.79 Å². The molecule has 7 nitrogen and oxygen atoms in total. The standard InChI is InChI=1S/C20H15ClN6OS/c21-18-9-8-17(29-18)20(28)23-11-14-12-26(13-24-14)15-4-6-16(7-5-15)27-10-2-1-3-19(27)25-22/h1-10,12-13H,11H2,(H,23,28). The van der Waals surface area contributed by atoms with Crippen LogP contribution < -0.4 is 10.8 Å². The Labute approximate surface area is 175 Å². The Balaban J connectivity index is 1.47. The van der Waals surface area contributed by atoms with Crippen molar-refractivity contribution in [2.45, 2.75) is 6.54 Å². The van der Waals surface area contributed by atoms with Gasteiger partial charge in [-0.2, -0.15) is 4.57 Å². The fourth-order valence-electron chi connectivity index (χ4n) is 2.81. The number of amides is 1. The van der Waals surface area contributed by atoms with E-state index >= 15 is 0 Å². The second-order valence-electron chi connectivity index (χ2n) is 6.10. The summed E-state index contributed by atoms with van der Waals surface area (Å²) in [5.41, 5.74) is 12.1. The Bertz CT molecular complexity index is 1250. The van der Waals surface area contributed by atoms with Crippen LogP contribution in [-0.4, -0.2) is 24.8 Å². The van der Waals surface area contributed by atoms with Crippen molar-refractivity contribution in [2.75, 3.05) is 0 Å². The smallest absolute Gasteiger partial charge is 0.364 e. The molecular weight excluding hydrogens is 408 g/mol. The summed E-state index contributed by atoms with van der Waals surface area (Å²) in [6, 6.07) is 16.5. The van der Waals surface area contributed by atoms with Crippen molar-refractivity contribution in [1.29, 1.82) is 0 Å². The van der Waals surface area contributed by atoms with Crippen LogP contribution in [0.3, 0.4) is 0 Å². The summed E-state index contributed by atoms with van der Waals surface area (Å²) in [6.07, 6.45) is 5.38. The molecule has 0 saturated carbocycles. The van der Waals surface area contributed by atoms with Crippen LogP contribution in [0, 0.1) is 0 Å². The van der Waals surface area contributed by atoms with Crippen LogP contribution >= 0.6 is 22.9 Å². The third kappa shape index (κ3) is 4.20. The van der Waals surface area contributed by atoms with E-state index < -0.39 is 0 Å². The first-order valence-corrected chi connectivity index (χ1v) is 9.86. The van der Waals surface area contributed by atoms with Gasteiger partial charge in [0.25, 0.3) is 5.91 Å². The average molecular weight is 423 g/mol. The molecule has 1 aromatic carbocycles. The third-order valence-electron chi connectivity index (χ3n) is 4.23. The van der Waals surface area contributed by atoms with Crippen molar-refractivity contribution in [2.24, 2.45) is 0 Å². The zero-order valence-corrected chi connectivity index (χ0v) is 16.6. The number of halogens is 1. The van der Waals surface area contributed by atoms with Gasteiger partial charge in [0.15, 0.2) is 0 Å². The van der Waals surface area contributed by atoms with E-state index in [4.69, 9.17) is 17.1 Å². The fourth-order valence-corrected chi connectivity index (χ4v) is 3.77. The Hall–Kier alpha value is -3.45. The van der Waals surface area contributed by atoms with Gasteiger partial charge in [0.05, 0.1) is 34.0 Å². The third-order valence-corrected chi connectivity index (χ3v) is 5.46. The van der Waals surface area contributed by atoms with Crippen molar-refractivity contribution < 1.29 is 9.58 Å². The van der Waals surface area contributed by atoms with Gasteiger partial charge >= 0.3 is 5.49 Å². The lowest BCUT2D eigenvalue weighted by atomic mass is 10.2. The van der Waals surface area contributed by atoms with E-state index in [0.29, 0.717) is 21.2 Å². The Morgan fingerprint density at radius 2 is 1.93 bits per heavy atom. The molecule has 4 aromatic rings. The molecule has 29 heavy (non-hydrogen) atoms. The predicted octanol–water partition coefficient (Wildman–Crippen LogP) is 3.44. The molecule has 0 fully saturated rings. The highest BCUT2D eigenvalue weighted by molar-refractivity contribution is 7.17. The van der Waals surface area contributed by atoms with E-state index in [1.54, 1.807) is 35.2 Å². The molecule has 0 saturated heterocycles. The van der Waals surface area contributed by atoms with Crippen LogP contribution in [0.1, 0.15) is 15.4 Å². The van der Waals surface area contributed by atoms with Gasteiger partial charge in [0.2, 0.25) is 0 Å². The van der Waals surface area contributed by atoms with E-state index in [1.807, 2.05) is 47.3 Å². The van der Waals surface area contributed by atoms with Crippen molar-refractivity contribution >= 4 is 28.8 Å². The van der Waals surface area contributed by atoms with Gasteiger partial charge in [0, 0.05) is 18.0 Å². The highest BCUT2D eigenvalue weighted by atomic mass is 35.5. The molecule has 3 aromatic heterocycles. The van der Waals surface area contributed by atoms with Gasteiger partial charge in [-0.15, -0.1) is 11.3 Å². The molecule has 0 aliphatic rings. The highest BCUT2D eigenvalue weighted by Crippen LogP contribution is 2.21. The highest BCUT2D eigenvalue weighted by Gasteiger charge is 2.10. The fraction of sp³-hybridized carbons (Fsp3) is 0.0500. The number of hydrogen-bond donors (Lipinski definition) is 1.